The van der Waals surface area contributed by atoms with E-state index in [1.165, 1.54) is 22.2 Å². The first kappa shape index (κ1) is 24.0. The lowest BCUT2D eigenvalue weighted by Crippen LogP contribution is -2.27. The summed E-state index contributed by atoms with van der Waals surface area (Å²) in [6.45, 7) is 1.71. The molecule has 156 valence electrons. The van der Waals surface area contributed by atoms with Gasteiger partial charge in [-0.25, -0.2) is 14.3 Å². The summed E-state index contributed by atoms with van der Waals surface area (Å²) in [6, 6.07) is 1.96. The molecule has 2 rings (SSSR count). The van der Waals surface area contributed by atoms with Gasteiger partial charge in [0.2, 0.25) is 0 Å². The minimum atomic E-state index is -5.08. The minimum absolute atomic E-state index is 0.294. The molecule has 0 unspecified atom stereocenters. The summed E-state index contributed by atoms with van der Waals surface area (Å²) >= 11 is 4.91. The van der Waals surface area contributed by atoms with E-state index in [0.717, 1.165) is 18.9 Å². The molecular formula is C14H14BrF5N4O3S. The maximum absolute atomic E-state index is 12.6. The highest BCUT2D eigenvalue weighted by Crippen LogP contribution is 2.26. The fourth-order valence-corrected chi connectivity index (χ4v) is 3.59. The number of carboxylic acids is 1. The first-order valence-electron chi connectivity index (χ1n) is 7.27. The molecule has 28 heavy (non-hydrogen) atoms. The molecule has 0 aromatic carbocycles. The Balaban J connectivity index is 0.000000480. The number of rotatable bonds is 5. The number of aromatic nitrogens is 3. The molecule has 2 aromatic heterocycles. The first-order valence-corrected chi connectivity index (χ1v) is 8.88. The number of halogens is 6. The third kappa shape index (κ3) is 6.83. The Kier molecular flexibility index (Phi) is 8.50. The highest BCUT2D eigenvalue weighted by molar-refractivity contribution is 9.11. The van der Waals surface area contributed by atoms with Crippen molar-refractivity contribution in [2.45, 2.75) is 26.2 Å². The topological polar surface area (TPSA) is 103 Å². The van der Waals surface area contributed by atoms with E-state index in [9.17, 15) is 26.7 Å². The van der Waals surface area contributed by atoms with Crippen molar-refractivity contribution >= 4 is 33.2 Å². The maximum atomic E-state index is 12.6. The Morgan fingerprint density at radius 3 is 2.36 bits per heavy atom. The van der Waals surface area contributed by atoms with E-state index in [-0.39, 0.29) is 18.7 Å². The van der Waals surface area contributed by atoms with Crippen molar-refractivity contribution in [2.75, 3.05) is 6.54 Å². The predicted molar refractivity (Wildman–Crippen MR) is 94.3 cm³/mol. The van der Waals surface area contributed by atoms with Crippen LogP contribution in [-0.4, -0.2) is 38.1 Å². The number of nitrogens with two attached hydrogens (primary N) is 1. The maximum Gasteiger partial charge on any atom is 0.490 e. The molecule has 0 spiro atoms. The molecule has 0 aliphatic heterocycles. The van der Waals surface area contributed by atoms with Crippen molar-refractivity contribution in [3.8, 4) is 0 Å². The molecular weight excluding hydrogens is 479 g/mol. The highest BCUT2D eigenvalue weighted by Gasteiger charge is 2.38. The summed E-state index contributed by atoms with van der Waals surface area (Å²) in [7, 11) is 0. The van der Waals surface area contributed by atoms with Gasteiger partial charge in [0, 0.05) is 17.0 Å². The van der Waals surface area contributed by atoms with E-state index >= 15 is 0 Å². The van der Waals surface area contributed by atoms with E-state index in [2.05, 4.69) is 21.0 Å². The zero-order valence-corrected chi connectivity index (χ0v) is 16.5. The van der Waals surface area contributed by atoms with Crippen molar-refractivity contribution in [1.82, 2.24) is 14.3 Å². The van der Waals surface area contributed by atoms with Crippen LogP contribution in [0.25, 0.3) is 0 Å². The molecule has 7 nitrogen and oxygen atoms in total. The van der Waals surface area contributed by atoms with Crippen LogP contribution < -0.4 is 11.4 Å². The third-order valence-electron chi connectivity index (χ3n) is 3.20. The molecule has 0 bridgehead atoms. The number of hydrogen-bond acceptors (Lipinski definition) is 5. The lowest BCUT2D eigenvalue weighted by atomic mass is 10.3. The quantitative estimate of drug-likeness (QED) is 0.624. The molecule has 0 atom stereocenters. The van der Waals surface area contributed by atoms with E-state index in [1.807, 2.05) is 13.0 Å². The Bertz CT molecular complexity index is 915. The Labute approximate surface area is 167 Å². The largest absolute Gasteiger partial charge is 0.490 e. The van der Waals surface area contributed by atoms with Gasteiger partial charge in [-0.3, -0.25) is 4.57 Å². The second kappa shape index (κ2) is 9.93. The Morgan fingerprint density at radius 2 is 1.96 bits per heavy atom. The summed E-state index contributed by atoms with van der Waals surface area (Å²) < 4.78 is 60.2. The first-order chi connectivity index (χ1) is 12.9. The fourth-order valence-electron chi connectivity index (χ4n) is 1.76. The lowest BCUT2D eigenvalue weighted by molar-refractivity contribution is -0.192. The van der Waals surface area contributed by atoms with Gasteiger partial charge in [0.1, 0.15) is 6.33 Å². The Morgan fingerprint density at radius 1 is 1.39 bits per heavy atom. The molecule has 2 heterocycles. The van der Waals surface area contributed by atoms with Crippen LogP contribution in [0, 0.1) is 6.92 Å². The van der Waals surface area contributed by atoms with Crippen LogP contribution in [0.3, 0.4) is 0 Å². The molecule has 0 amide bonds. The summed E-state index contributed by atoms with van der Waals surface area (Å²) in [5.74, 6) is -2.76. The molecule has 14 heteroatoms. The van der Waals surface area contributed by atoms with Gasteiger partial charge in [-0.05, 0) is 34.5 Å². The number of hydrogen-bond donors (Lipinski definition) is 2. The number of carboxylic acid groups (broad SMARTS) is 1. The van der Waals surface area contributed by atoms with Gasteiger partial charge >= 0.3 is 17.8 Å². The average molecular weight is 493 g/mol. The van der Waals surface area contributed by atoms with Gasteiger partial charge in [0.15, 0.2) is 0 Å². The SMILES string of the molecule is Cc1cc(Br)sc1Cn1cnn(CC(CN)=C(F)F)c1=O.O=C(O)C(F)(F)F. The highest BCUT2D eigenvalue weighted by atomic mass is 79.9. The number of alkyl halides is 3. The minimum Gasteiger partial charge on any atom is -0.475 e. The second-order valence-electron chi connectivity index (χ2n) is 5.23. The van der Waals surface area contributed by atoms with Gasteiger partial charge in [0.05, 0.1) is 16.9 Å². The Hall–Kier alpha value is -2.06. The molecule has 3 N–H and O–H groups in total. The monoisotopic (exact) mass is 492 g/mol. The number of aliphatic carboxylic acids is 1. The third-order valence-corrected chi connectivity index (χ3v) is 4.92. The molecule has 2 aromatic rings. The van der Waals surface area contributed by atoms with Crippen LogP contribution >= 0.6 is 27.3 Å². The van der Waals surface area contributed by atoms with Crippen molar-refractivity contribution in [1.29, 1.82) is 0 Å². The van der Waals surface area contributed by atoms with Crippen LogP contribution in [0.4, 0.5) is 22.0 Å². The lowest BCUT2D eigenvalue weighted by Gasteiger charge is -2.02. The van der Waals surface area contributed by atoms with Gasteiger partial charge in [-0.15, -0.1) is 11.3 Å². The summed E-state index contributed by atoms with van der Waals surface area (Å²) in [5, 5.41) is 11.0. The molecule has 0 saturated heterocycles. The van der Waals surface area contributed by atoms with Crippen LogP contribution in [0.2, 0.25) is 0 Å². The summed E-state index contributed by atoms with van der Waals surface area (Å²) in [5.41, 5.74) is 5.56. The summed E-state index contributed by atoms with van der Waals surface area (Å²) in [6.07, 6.45) is -5.60. The number of nitrogens with zero attached hydrogens (tertiary/aromatic N) is 3. The van der Waals surface area contributed by atoms with E-state index in [4.69, 9.17) is 15.6 Å². The number of carbonyl (C=O) groups is 1. The number of aryl methyl sites for hydroxylation is 1. The second-order valence-corrected chi connectivity index (χ2v) is 7.74. The van der Waals surface area contributed by atoms with Crippen molar-refractivity contribution in [3.05, 3.63) is 48.8 Å². The smallest absolute Gasteiger partial charge is 0.475 e. The molecule has 0 aliphatic carbocycles. The molecule has 0 saturated carbocycles. The van der Waals surface area contributed by atoms with E-state index in [0.29, 0.717) is 6.54 Å². The molecule has 0 radical (unpaired) electrons. The van der Waals surface area contributed by atoms with Crippen molar-refractivity contribution in [3.63, 3.8) is 0 Å². The van der Waals surface area contributed by atoms with Crippen molar-refractivity contribution < 1.29 is 31.9 Å². The average Bonchev–Trinajstić information content (AvgIpc) is 3.07. The van der Waals surface area contributed by atoms with Crippen LogP contribution in [0.5, 0.6) is 0 Å². The van der Waals surface area contributed by atoms with E-state index in [1.54, 1.807) is 0 Å². The van der Waals surface area contributed by atoms with Gasteiger partial charge in [0.25, 0.3) is 6.08 Å². The summed E-state index contributed by atoms with van der Waals surface area (Å²) in [4.78, 5) is 22.0. The normalized spacial score (nSPS) is 11.0. The van der Waals surface area contributed by atoms with Crippen LogP contribution in [0.1, 0.15) is 10.4 Å². The van der Waals surface area contributed by atoms with E-state index < -0.39 is 23.9 Å². The zero-order chi connectivity index (χ0) is 21.6. The van der Waals surface area contributed by atoms with Gasteiger partial charge in [-0.1, -0.05) is 0 Å². The zero-order valence-electron chi connectivity index (χ0n) is 14.1. The van der Waals surface area contributed by atoms with Crippen molar-refractivity contribution in [2.24, 2.45) is 5.73 Å². The van der Waals surface area contributed by atoms with Crippen LogP contribution in [-0.2, 0) is 17.9 Å². The standard InChI is InChI=1S/C12H13BrF2N4OS.C2HF3O2/c1-7-2-10(13)21-9(7)5-18-6-17-19(12(18)20)4-8(3-16)11(14)15;3-2(4,5)1(6)7/h2,6H,3-5,16H2,1H3;(H,6,7). The predicted octanol–water partition coefficient (Wildman–Crippen LogP) is 2.97. The fraction of sp³-hybridized carbons (Fsp3) is 0.357. The van der Waals surface area contributed by atoms with Gasteiger partial charge < -0.3 is 10.8 Å². The molecule has 0 fully saturated rings. The van der Waals surface area contributed by atoms with Gasteiger partial charge in [-0.2, -0.15) is 27.1 Å². The number of thiophene rings is 1. The van der Waals surface area contributed by atoms with Crippen LogP contribution in [0.15, 0.2) is 32.6 Å². The molecule has 0 aliphatic rings.